The number of benzene rings is 2. The molecule has 0 aliphatic heterocycles. The summed E-state index contributed by atoms with van der Waals surface area (Å²) in [7, 11) is 0. The van der Waals surface area contributed by atoms with E-state index in [9.17, 15) is 17.6 Å². The molecule has 192 valence electrons. The lowest BCUT2D eigenvalue weighted by Crippen LogP contribution is -2.30. The zero-order valence-electron chi connectivity index (χ0n) is 20.8. The van der Waals surface area contributed by atoms with Crippen molar-refractivity contribution >= 4 is 0 Å². The maximum absolute atomic E-state index is 14.1. The number of unbranched alkanes of at least 4 members (excludes halogenated alkanes) is 4. The van der Waals surface area contributed by atoms with Crippen molar-refractivity contribution in [1.82, 2.24) is 0 Å². The van der Waals surface area contributed by atoms with Crippen LogP contribution in [0.4, 0.5) is 17.6 Å². The fraction of sp³-hybridized carbons (Fsp3) is 0.600. The Kier molecular flexibility index (Phi) is 9.13. The van der Waals surface area contributed by atoms with E-state index in [4.69, 9.17) is 0 Å². The van der Waals surface area contributed by atoms with Crippen LogP contribution < -0.4 is 4.74 Å². The maximum atomic E-state index is 14.1. The highest BCUT2D eigenvalue weighted by atomic mass is 19.3. The van der Waals surface area contributed by atoms with Crippen LogP contribution in [0.3, 0.4) is 0 Å². The first-order chi connectivity index (χ1) is 16.9. The number of alkyl halides is 2. The Balaban J connectivity index is 1.32. The molecule has 0 bridgehead atoms. The Labute approximate surface area is 207 Å². The van der Waals surface area contributed by atoms with Crippen LogP contribution in [0.25, 0.3) is 11.1 Å². The highest BCUT2D eigenvalue weighted by molar-refractivity contribution is 5.65. The average Bonchev–Trinajstić information content (AvgIpc) is 2.85. The summed E-state index contributed by atoms with van der Waals surface area (Å²) in [4.78, 5) is 0. The largest absolute Gasteiger partial charge is 0.429 e. The van der Waals surface area contributed by atoms with E-state index in [2.05, 4.69) is 23.8 Å². The molecule has 0 radical (unpaired) electrons. The van der Waals surface area contributed by atoms with Crippen molar-refractivity contribution in [2.75, 3.05) is 0 Å². The normalized spacial score (nSPS) is 24.4. The minimum Gasteiger partial charge on any atom is -0.429 e. The average molecular weight is 491 g/mol. The molecule has 0 N–H and O–H groups in total. The molecule has 2 aromatic carbocycles. The first kappa shape index (κ1) is 26.0. The first-order valence-corrected chi connectivity index (χ1v) is 13.5. The van der Waals surface area contributed by atoms with Gasteiger partial charge in [0.05, 0.1) is 0 Å². The molecule has 1 unspecified atom stereocenters. The van der Waals surface area contributed by atoms with Gasteiger partial charge in [0.25, 0.3) is 0 Å². The smallest absolute Gasteiger partial charge is 0.387 e. The molecule has 1 nitrogen and oxygen atoms in total. The SMILES string of the molecule is CCCCCCCC1CC[C@@H]2C[C@H](c3ccc(-c4cc(F)c(OC(F)F)c(F)c4)cc3)CC[C@@H]2C1. The molecule has 0 spiro atoms. The number of hydrogen-bond acceptors (Lipinski definition) is 1. The molecule has 2 fully saturated rings. The second-order valence-corrected chi connectivity index (χ2v) is 10.7. The topological polar surface area (TPSA) is 9.23 Å². The fourth-order valence-electron chi connectivity index (χ4n) is 6.46. The van der Waals surface area contributed by atoms with Gasteiger partial charge in [-0.2, -0.15) is 8.78 Å². The lowest BCUT2D eigenvalue weighted by atomic mass is 9.63. The zero-order valence-corrected chi connectivity index (χ0v) is 20.8. The predicted octanol–water partition coefficient (Wildman–Crippen LogP) is 9.89. The van der Waals surface area contributed by atoms with Gasteiger partial charge in [0.15, 0.2) is 17.4 Å². The summed E-state index contributed by atoms with van der Waals surface area (Å²) in [6, 6.07) is 9.95. The summed E-state index contributed by atoms with van der Waals surface area (Å²) in [5.41, 5.74) is 2.25. The molecule has 4 atom stereocenters. The van der Waals surface area contributed by atoms with Crippen molar-refractivity contribution in [2.24, 2.45) is 17.8 Å². The van der Waals surface area contributed by atoms with Crippen LogP contribution in [0.5, 0.6) is 5.75 Å². The first-order valence-electron chi connectivity index (χ1n) is 13.5. The van der Waals surface area contributed by atoms with Gasteiger partial charge < -0.3 is 4.74 Å². The van der Waals surface area contributed by atoms with E-state index in [1.165, 1.54) is 82.6 Å². The van der Waals surface area contributed by atoms with E-state index in [-0.39, 0.29) is 0 Å². The summed E-state index contributed by atoms with van der Waals surface area (Å²) < 4.78 is 57.0. The van der Waals surface area contributed by atoms with Gasteiger partial charge in [-0.25, -0.2) is 8.78 Å². The van der Waals surface area contributed by atoms with E-state index in [1.54, 1.807) is 0 Å². The third-order valence-electron chi connectivity index (χ3n) is 8.36. The highest BCUT2D eigenvalue weighted by Crippen LogP contribution is 2.48. The van der Waals surface area contributed by atoms with Gasteiger partial charge in [0.1, 0.15) is 0 Å². The molecule has 0 heterocycles. The Morgan fingerprint density at radius 2 is 1.46 bits per heavy atom. The van der Waals surface area contributed by atoms with E-state index >= 15 is 0 Å². The van der Waals surface area contributed by atoms with Gasteiger partial charge in [-0.15, -0.1) is 0 Å². The molecule has 0 amide bonds. The molecule has 0 aromatic heterocycles. The molecule has 4 rings (SSSR count). The molecule has 2 aromatic rings. The Morgan fingerprint density at radius 1 is 0.800 bits per heavy atom. The number of fused-ring (bicyclic) bond motifs is 1. The van der Waals surface area contributed by atoms with Crippen molar-refractivity contribution in [2.45, 2.75) is 96.5 Å². The molecule has 5 heteroatoms. The Bertz CT molecular complexity index is 919. The number of hydrogen-bond donors (Lipinski definition) is 0. The van der Waals surface area contributed by atoms with Crippen molar-refractivity contribution in [3.8, 4) is 16.9 Å². The summed E-state index contributed by atoms with van der Waals surface area (Å²) in [5, 5.41) is 0. The second-order valence-electron chi connectivity index (χ2n) is 10.7. The summed E-state index contributed by atoms with van der Waals surface area (Å²) in [5.74, 6) is -0.143. The lowest BCUT2D eigenvalue weighted by molar-refractivity contribution is -0.0546. The molecule has 2 aliphatic rings. The monoisotopic (exact) mass is 490 g/mol. The van der Waals surface area contributed by atoms with Gasteiger partial charge in [-0.05, 0) is 84.6 Å². The number of rotatable bonds is 10. The van der Waals surface area contributed by atoms with Crippen LogP contribution in [-0.2, 0) is 0 Å². The number of ether oxygens (including phenoxy) is 1. The van der Waals surface area contributed by atoms with Gasteiger partial charge in [0.2, 0.25) is 0 Å². The molecule has 35 heavy (non-hydrogen) atoms. The van der Waals surface area contributed by atoms with Crippen molar-refractivity contribution in [3.05, 3.63) is 53.6 Å². The molecule has 2 saturated carbocycles. The standard InChI is InChI=1S/C30H38F4O/c1-2-3-4-5-6-7-20-8-9-25-17-24(15-14-23(25)16-20)21-10-12-22(13-11-21)26-18-27(31)29(28(32)19-26)35-30(33)34/h10-13,18-20,23-25,30H,2-9,14-17H2,1H3/t20?,23-,24-,25-/m1/s1. The van der Waals surface area contributed by atoms with Crippen LogP contribution in [-0.4, -0.2) is 6.61 Å². The molecule has 2 aliphatic carbocycles. The molecule has 0 saturated heterocycles. The quantitative estimate of drug-likeness (QED) is 0.238. The maximum Gasteiger partial charge on any atom is 0.387 e. The highest BCUT2D eigenvalue weighted by Gasteiger charge is 2.35. The van der Waals surface area contributed by atoms with Crippen molar-refractivity contribution in [3.63, 3.8) is 0 Å². The van der Waals surface area contributed by atoms with Crippen molar-refractivity contribution < 1.29 is 22.3 Å². The van der Waals surface area contributed by atoms with Gasteiger partial charge in [-0.3, -0.25) is 0 Å². The van der Waals surface area contributed by atoms with Crippen LogP contribution in [0.2, 0.25) is 0 Å². The molecular weight excluding hydrogens is 452 g/mol. The van der Waals surface area contributed by atoms with Crippen molar-refractivity contribution in [1.29, 1.82) is 0 Å². The zero-order chi connectivity index (χ0) is 24.8. The van der Waals surface area contributed by atoms with Crippen LogP contribution in [0.1, 0.15) is 95.5 Å². The predicted molar refractivity (Wildman–Crippen MR) is 133 cm³/mol. The van der Waals surface area contributed by atoms with E-state index in [1.807, 2.05) is 12.1 Å². The summed E-state index contributed by atoms with van der Waals surface area (Å²) in [6.07, 6.45) is 16.1. The number of halogens is 4. The van der Waals surface area contributed by atoms with Gasteiger partial charge >= 0.3 is 6.61 Å². The van der Waals surface area contributed by atoms with E-state index in [0.717, 1.165) is 29.9 Å². The van der Waals surface area contributed by atoms with E-state index < -0.39 is 24.0 Å². The van der Waals surface area contributed by atoms with Crippen LogP contribution in [0.15, 0.2) is 36.4 Å². The van der Waals surface area contributed by atoms with E-state index in [0.29, 0.717) is 17.0 Å². The second kappa shape index (κ2) is 12.3. The lowest BCUT2D eigenvalue weighted by Gasteiger charge is -2.42. The Hall–Kier alpha value is -2.04. The van der Waals surface area contributed by atoms with Crippen LogP contribution in [0, 0.1) is 29.4 Å². The minimum atomic E-state index is -3.27. The summed E-state index contributed by atoms with van der Waals surface area (Å²) in [6.45, 7) is -1.01. The third kappa shape index (κ3) is 6.80. The Morgan fingerprint density at radius 3 is 2.14 bits per heavy atom. The van der Waals surface area contributed by atoms with Crippen LogP contribution >= 0.6 is 0 Å². The van der Waals surface area contributed by atoms with Gasteiger partial charge in [-0.1, -0.05) is 76.1 Å². The minimum absolute atomic E-state index is 0.310. The molecular formula is C30H38F4O. The third-order valence-corrected chi connectivity index (χ3v) is 8.36. The van der Waals surface area contributed by atoms with Gasteiger partial charge in [0, 0.05) is 0 Å². The summed E-state index contributed by atoms with van der Waals surface area (Å²) >= 11 is 0. The fourth-order valence-corrected chi connectivity index (χ4v) is 6.46.